The van der Waals surface area contributed by atoms with Gasteiger partial charge in [0.05, 0.1) is 5.56 Å². The van der Waals surface area contributed by atoms with Crippen molar-refractivity contribution in [3.8, 4) is 5.75 Å². The number of amides is 1. The number of para-hydroxylation sites is 1. The molecule has 2 rings (SSSR count). The number of nitrogens with two attached hydrogens (primary N) is 1. The van der Waals surface area contributed by atoms with Gasteiger partial charge in [-0.25, -0.2) is 0 Å². The van der Waals surface area contributed by atoms with Gasteiger partial charge in [-0.15, -0.1) is 0 Å². The topological polar surface area (TPSA) is 64.3 Å². The van der Waals surface area contributed by atoms with Gasteiger partial charge in [0.25, 0.3) is 5.91 Å². The van der Waals surface area contributed by atoms with Gasteiger partial charge in [0.1, 0.15) is 10.7 Å². The highest BCUT2D eigenvalue weighted by Crippen LogP contribution is 2.17. The minimum absolute atomic E-state index is 0.0769. The summed E-state index contributed by atoms with van der Waals surface area (Å²) in [4.78, 5) is 12.0. The van der Waals surface area contributed by atoms with Gasteiger partial charge in [-0.3, -0.25) is 4.79 Å². The SMILES string of the molecule is NC(=S)c1ccccc1OCC(=O)NCc1ccccc1. The molecule has 0 bridgehead atoms. The van der Waals surface area contributed by atoms with Crippen molar-refractivity contribution >= 4 is 23.1 Å². The summed E-state index contributed by atoms with van der Waals surface area (Å²) in [5.74, 6) is 0.316. The summed E-state index contributed by atoms with van der Waals surface area (Å²) >= 11 is 4.94. The van der Waals surface area contributed by atoms with Crippen LogP contribution in [0.5, 0.6) is 5.75 Å². The lowest BCUT2D eigenvalue weighted by molar-refractivity contribution is -0.123. The second kappa shape index (κ2) is 7.40. The summed E-state index contributed by atoms with van der Waals surface area (Å²) in [5.41, 5.74) is 7.27. The van der Waals surface area contributed by atoms with Crippen LogP contribution in [0, 0.1) is 0 Å². The molecule has 1 amide bonds. The number of benzene rings is 2. The van der Waals surface area contributed by atoms with Crippen LogP contribution in [-0.2, 0) is 11.3 Å². The lowest BCUT2D eigenvalue weighted by Crippen LogP contribution is -2.28. The molecule has 0 saturated carbocycles. The van der Waals surface area contributed by atoms with E-state index in [9.17, 15) is 4.79 Å². The standard InChI is InChI=1S/C16H16N2O2S/c17-16(21)13-8-4-5-9-14(13)20-11-15(19)18-10-12-6-2-1-3-7-12/h1-9H,10-11H2,(H2,17,21)(H,18,19). The Morgan fingerprint density at radius 2 is 1.76 bits per heavy atom. The monoisotopic (exact) mass is 300 g/mol. The molecule has 0 atom stereocenters. The van der Waals surface area contributed by atoms with E-state index in [0.29, 0.717) is 17.9 Å². The lowest BCUT2D eigenvalue weighted by Gasteiger charge is -2.10. The van der Waals surface area contributed by atoms with E-state index < -0.39 is 0 Å². The number of thiocarbonyl (C=S) groups is 1. The molecular formula is C16H16N2O2S. The minimum atomic E-state index is -0.198. The number of carbonyl (C=O) groups is 1. The second-order valence-corrected chi connectivity index (χ2v) is 4.85. The third-order valence-electron chi connectivity index (χ3n) is 2.84. The summed E-state index contributed by atoms with van der Waals surface area (Å²) in [7, 11) is 0. The number of ether oxygens (including phenoxy) is 1. The molecule has 2 aromatic carbocycles. The molecule has 21 heavy (non-hydrogen) atoms. The summed E-state index contributed by atoms with van der Waals surface area (Å²) in [5, 5.41) is 2.79. The summed E-state index contributed by atoms with van der Waals surface area (Å²) in [6.07, 6.45) is 0. The van der Waals surface area contributed by atoms with Gasteiger partial charge in [-0.2, -0.15) is 0 Å². The number of hydrogen-bond acceptors (Lipinski definition) is 3. The van der Waals surface area contributed by atoms with Crippen LogP contribution in [0.4, 0.5) is 0 Å². The lowest BCUT2D eigenvalue weighted by atomic mass is 10.2. The predicted octanol–water partition coefficient (Wildman–Crippen LogP) is 2.02. The molecule has 0 fully saturated rings. The smallest absolute Gasteiger partial charge is 0.258 e. The number of hydrogen-bond donors (Lipinski definition) is 2. The number of rotatable bonds is 6. The van der Waals surface area contributed by atoms with Crippen molar-refractivity contribution in [2.75, 3.05) is 6.61 Å². The number of carbonyl (C=O) groups excluding carboxylic acids is 1. The molecule has 0 aliphatic carbocycles. The molecule has 0 aliphatic rings. The van der Waals surface area contributed by atoms with E-state index in [4.69, 9.17) is 22.7 Å². The van der Waals surface area contributed by atoms with Crippen molar-refractivity contribution in [2.45, 2.75) is 6.54 Å². The highest BCUT2D eigenvalue weighted by Gasteiger charge is 2.08. The van der Waals surface area contributed by atoms with E-state index in [2.05, 4.69) is 5.32 Å². The van der Waals surface area contributed by atoms with Crippen molar-refractivity contribution in [1.82, 2.24) is 5.32 Å². The van der Waals surface area contributed by atoms with Crippen molar-refractivity contribution in [2.24, 2.45) is 5.73 Å². The van der Waals surface area contributed by atoms with E-state index in [0.717, 1.165) is 5.56 Å². The van der Waals surface area contributed by atoms with Crippen LogP contribution in [0.15, 0.2) is 54.6 Å². The first-order valence-corrected chi connectivity index (χ1v) is 6.90. The molecular weight excluding hydrogens is 284 g/mol. The Balaban J connectivity index is 1.86. The fraction of sp³-hybridized carbons (Fsp3) is 0.125. The Labute approximate surface area is 128 Å². The largest absolute Gasteiger partial charge is 0.483 e. The van der Waals surface area contributed by atoms with Crippen LogP contribution < -0.4 is 15.8 Å². The van der Waals surface area contributed by atoms with Crippen molar-refractivity contribution < 1.29 is 9.53 Å². The van der Waals surface area contributed by atoms with E-state index in [1.54, 1.807) is 18.2 Å². The zero-order valence-electron chi connectivity index (χ0n) is 11.4. The van der Waals surface area contributed by atoms with Gasteiger partial charge in [0.2, 0.25) is 0 Å². The molecule has 5 heteroatoms. The normalized spacial score (nSPS) is 9.90. The average molecular weight is 300 g/mol. The van der Waals surface area contributed by atoms with Crippen LogP contribution in [-0.4, -0.2) is 17.5 Å². The first-order chi connectivity index (χ1) is 10.2. The Morgan fingerprint density at radius 1 is 1.10 bits per heavy atom. The second-order valence-electron chi connectivity index (χ2n) is 4.41. The van der Waals surface area contributed by atoms with Crippen LogP contribution in [0.25, 0.3) is 0 Å². The highest BCUT2D eigenvalue weighted by molar-refractivity contribution is 7.80. The molecule has 4 nitrogen and oxygen atoms in total. The van der Waals surface area contributed by atoms with Crippen LogP contribution in [0.1, 0.15) is 11.1 Å². The molecule has 0 unspecified atom stereocenters. The first-order valence-electron chi connectivity index (χ1n) is 6.49. The van der Waals surface area contributed by atoms with Crippen molar-refractivity contribution in [1.29, 1.82) is 0 Å². The quantitative estimate of drug-likeness (QED) is 0.801. The molecule has 0 aromatic heterocycles. The predicted molar refractivity (Wildman–Crippen MR) is 86.1 cm³/mol. The van der Waals surface area contributed by atoms with Crippen molar-refractivity contribution in [3.05, 3.63) is 65.7 Å². The molecule has 2 aromatic rings. The van der Waals surface area contributed by atoms with Gasteiger partial charge in [-0.05, 0) is 17.7 Å². The Bertz CT molecular complexity index is 629. The minimum Gasteiger partial charge on any atom is -0.483 e. The van der Waals surface area contributed by atoms with Gasteiger partial charge in [0.15, 0.2) is 6.61 Å². The van der Waals surface area contributed by atoms with Gasteiger partial charge < -0.3 is 15.8 Å². The van der Waals surface area contributed by atoms with E-state index in [1.807, 2.05) is 36.4 Å². The molecule has 0 spiro atoms. The maximum absolute atomic E-state index is 11.8. The fourth-order valence-electron chi connectivity index (χ4n) is 1.79. The number of nitrogens with one attached hydrogen (secondary N) is 1. The van der Waals surface area contributed by atoms with E-state index in [-0.39, 0.29) is 17.5 Å². The average Bonchev–Trinajstić information content (AvgIpc) is 2.52. The molecule has 0 aliphatic heterocycles. The first kappa shape index (κ1) is 15.0. The van der Waals surface area contributed by atoms with Crippen LogP contribution in [0.2, 0.25) is 0 Å². The summed E-state index contributed by atoms with van der Waals surface area (Å²) in [6.45, 7) is 0.395. The Morgan fingerprint density at radius 3 is 2.48 bits per heavy atom. The molecule has 0 saturated heterocycles. The third-order valence-corrected chi connectivity index (χ3v) is 3.06. The van der Waals surface area contributed by atoms with E-state index >= 15 is 0 Å². The zero-order valence-corrected chi connectivity index (χ0v) is 12.2. The van der Waals surface area contributed by atoms with Gasteiger partial charge in [-0.1, -0.05) is 54.7 Å². The van der Waals surface area contributed by atoms with Gasteiger partial charge >= 0.3 is 0 Å². The molecule has 3 N–H and O–H groups in total. The van der Waals surface area contributed by atoms with Crippen LogP contribution >= 0.6 is 12.2 Å². The maximum atomic E-state index is 11.8. The Kier molecular flexibility index (Phi) is 5.29. The molecule has 0 radical (unpaired) electrons. The van der Waals surface area contributed by atoms with Crippen LogP contribution in [0.3, 0.4) is 0 Å². The Hall–Kier alpha value is -2.40. The summed E-state index contributed by atoms with van der Waals surface area (Å²) in [6, 6.07) is 16.8. The maximum Gasteiger partial charge on any atom is 0.258 e. The van der Waals surface area contributed by atoms with Gasteiger partial charge in [0, 0.05) is 6.54 Å². The molecule has 0 heterocycles. The van der Waals surface area contributed by atoms with Crippen molar-refractivity contribution in [3.63, 3.8) is 0 Å². The van der Waals surface area contributed by atoms with E-state index in [1.165, 1.54) is 0 Å². The fourth-order valence-corrected chi connectivity index (χ4v) is 1.96. The highest BCUT2D eigenvalue weighted by atomic mass is 32.1. The molecule has 108 valence electrons. The summed E-state index contributed by atoms with van der Waals surface area (Å²) < 4.78 is 5.47. The third kappa shape index (κ3) is 4.57. The zero-order chi connectivity index (χ0) is 15.1.